The van der Waals surface area contributed by atoms with Gasteiger partial charge in [-0.3, -0.25) is 14.5 Å². The number of aliphatic hydroxyl groups excluding tert-OH is 1. The number of benzene rings is 2. The second-order valence-corrected chi connectivity index (χ2v) is 8.07. The Bertz CT molecular complexity index is 1100. The zero-order valence-electron chi connectivity index (χ0n) is 19.1. The highest BCUT2D eigenvalue weighted by Gasteiger charge is 2.44. The first kappa shape index (κ1) is 23.7. The van der Waals surface area contributed by atoms with Crippen LogP contribution in [0, 0.1) is 5.82 Å². The number of rotatable bonds is 8. The highest BCUT2D eigenvalue weighted by molar-refractivity contribution is 6.16. The zero-order valence-corrected chi connectivity index (χ0v) is 19.1. The molecule has 0 spiro atoms. The van der Waals surface area contributed by atoms with Crippen LogP contribution in [0.15, 0.2) is 53.8 Å². The lowest BCUT2D eigenvalue weighted by Crippen LogP contribution is -2.43. The first-order valence-corrected chi connectivity index (χ1v) is 11.0. The number of nitrogens with zero attached hydrogens (tertiary/aromatic N) is 2. The molecule has 2 heterocycles. The standard InChI is InChI=1S/C25H27FN2O6/c1-32-19-8-5-17(15-20(19)33-2)22-21(23(29)16-3-6-18(26)7-4-16)24(30)25(31)28(22)10-9-27-11-13-34-14-12-27/h3-8,15,22,30H,9-14H2,1-2H3. The smallest absolute Gasteiger partial charge is 0.290 e. The van der Waals surface area contributed by atoms with Gasteiger partial charge >= 0.3 is 0 Å². The van der Waals surface area contributed by atoms with Crippen molar-refractivity contribution in [2.45, 2.75) is 6.04 Å². The van der Waals surface area contributed by atoms with Gasteiger partial charge in [-0.1, -0.05) is 6.07 Å². The maximum atomic E-state index is 13.4. The van der Waals surface area contributed by atoms with E-state index in [1.807, 2.05) is 0 Å². The third kappa shape index (κ3) is 4.62. The van der Waals surface area contributed by atoms with Crippen molar-refractivity contribution in [3.05, 3.63) is 70.7 Å². The molecule has 0 saturated carbocycles. The van der Waals surface area contributed by atoms with Gasteiger partial charge in [-0.05, 0) is 42.0 Å². The number of carbonyl (C=O) groups excluding carboxylic acids is 2. The average Bonchev–Trinajstić information content (AvgIpc) is 3.12. The molecule has 1 fully saturated rings. The minimum atomic E-state index is -0.842. The van der Waals surface area contributed by atoms with Gasteiger partial charge < -0.3 is 24.2 Å². The van der Waals surface area contributed by atoms with Crippen molar-refractivity contribution in [3.8, 4) is 11.5 Å². The molecule has 2 aromatic rings. The first-order chi connectivity index (χ1) is 16.4. The number of hydrogen-bond acceptors (Lipinski definition) is 7. The number of morpholine rings is 1. The van der Waals surface area contributed by atoms with E-state index in [9.17, 15) is 19.1 Å². The Balaban J connectivity index is 1.72. The molecule has 0 radical (unpaired) electrons. The molecule has 2 aliphatic rings. The van der Waals surface area contributed by atoms with Crippen molar-refractivity contribution >= 4 is 11.7 Å². The Morgan fingerprint density at radius 2 is 1.74 bits per heavy atom. The summed E-state index contributed by atoms with van der Waals surface area (Å²) in [4.78, 5) is 30.2. The summed E-state index contributed by atoms with van der Waals surface area (Å²) in [6.07, 6.45) is 0. The first-order valence-electron chi connectivity index (χ1n) is 11.0. The van der Waals surface area contributed by atoms with Gasteiger partial charge in [0.25, 0.3) is 5.91 Å². The lowest BCUT2D eigenvalue weighted by atomic mass is 9.92. The summed E-state index contributed by atoms with van der Waals surface area (Å²) in [5, 5.41) is 10.8. The Labute approximate surface area is 197 Å². The van der Waals surface area contributed by atoms with E-state index in [-0.39, 0.29) is 11.1 Å². The van der Waals surface area contributed by atoms with Crippen molar-refractivity contribution in [1.29, 1.82) is 0 Å². The number of ether oxygens (including phenoxy) is 3. The molecule has 1 amide bonds. The van der Waals surface area contributed by atoms with E-state index in [0.717, 1.165) is 13.1 Å². The Hall–Kier alpha value is -3.43. The third-order valence-electron chi connectivity index (χ3n) is 6.14. The van der Waals surface area contributed by atoms with Crippen LogP contribution < -0.4 is 9.47 Å². The topological polar surface area (TPSA) is 88.5 Å². The van der Waals surface area contributed by atoms with E-state index in [1.165, 1.54) is 43.4 Å². The fourth-order valence-corrected chi connectivity index (χ4v) is 4.32. The number of amides is 1. The van der Waals surface area contributed by atoms with E-state index in [4.69, 9.17) is 14.2 Å². The van der Waals surface area contributed by atoms with Gasteiger partial charge in [-0.25, -0.2) is 4.39 Å². The molecular weight excluding hydrogens is 443 g/mol. The summed E-state index contributed by atoms with van der Waals surface area (Å²) in [7, 11) is 3.01. The van der Waals surface area contributed by atoms with Crippen molar-refractivity contribution < 1.29 is 33.3 Å². The third-order valence-corrected chi connectivity index (χ3v) is 6.14. The van der Waals surface area contributed by atoms with Crippen LogP contribution in [-0.4, -0.2) is 80.2 Å². The number of hydrogen-bond donors (Lipinski definition) is 1. The number of ketones is 1. The monoisotopic (exact) mass is 470 g/mol. The molecule has 1 unspecified atom stereocenters. The Morgan fingerprint density at radius 3 is 2.38 bits per heavy atom. The van der Waals surface area contributed by atoms with E-state index in [2.05, 4.69) is 4.90 Å². The van der Waals surface area contributed by atoms with Gasteiger partial charge in [-0.15, -0.1) is 0 Å². The second kappa shape index (κ2) is 10.2. The average molecular weight is 470 g/mol. The number of halogens is 1. The van der Waals surface area contributed by atoms with Gasteiger partial charge in [0.1, 0.15) is 5.82 Å². The lowest BCUT2D eigenvalue weighted by Gasteiger charge is -2.32. The van der Waals surface area contributed by atoms with Gasteiger partial charge in [-0.2, -0.15) is 0 Å². The summed E-state index contributed by atoms with van der Waals surface area (Å²) in [6, 6.07) is 9.29. The van der Waals surface area contributed by atoms with Crippen molar-refractivity contribution in [1.82, 2.24) is 9.80 Å². The van der Waals surface area contributed by atoms with Crippen molar-refractivity contribution in [3.63, 3.8) is 0 Å². The summed E-state index contributed by atoms with van der Waals surface area (Å²) >= 11 is 0. The highest BCUT2D eigenvalue weighted by atomic mass is 19.1. The van der Waals surface area contributed by atoms with Crippen LogP contribution in [0.5, 0.6) is 11.5 Å². The molecule has 1 saturated heterocycles. The van der Waals surface area contributed by atoms with Crippen LogP contribution >= 0.6 is 0 Å². The molecule has 2 aromatic carbocycles. The Morgan fingerprint density at radius 1 is 1.06 bits per heavy atom. The zero-order chi connectivity index (χ0) is 24.2. The van der Waals surface area contributed by atoms with E-state index in [0.29, 0.717) is 43.4 Å². The molecule has 8 nitrogen and oxygen atoms in total. The second-order valence-electron chi connectivity index (χ2n) is 8.07. The molecule has 2 aliphatic heterocycles. The molecule has 0 aromatic heterocycles. The van der Waals surface area contributed by atoms with Crippen LogP contribution in [0.3, 0.4) is 0 Å². The molecule has 1 N–H and O–H groups in total. The molecule has 0 aliphatic carbocycles. The van der Waals surface area contributed by atoms with Crippen LogP contribution in [0.4, 0.5) is 4.39 Å². The molecule has 34 heavy (non-hydrogen) atoms. The number of Topliss-reactive ketones (excluding diaryl/α,β-unsaturated/α-hetero) is 1. The predicted molar refractivity (Wildman–Crippen MR) is 122 cm³/mol. The highest BCUT2D eigenvalue weighted by Crippen LogP contribution is 2.41. The number of carbonyl (C=O) groups is 2. The molecule has 0 bridgehead atoms. The van der Waals surface area contributed by atoms with E-state index in [1.54, 1.807) is 18.2 Å². The van der Waals surface area contributed by atoms with Crippen LogP contribution in [0.1, 0.15) is 22.0 Å². The van der Waals surface area contributed by atoms with Crippen LogP contribution in [-0.2, 0) is 9.53 Å². The van der Waals surface area contributed by atoms with E-state index >= 15 is 0 Å². The van der Waals surface area contributed by atoms with Crippen LogP contribution in [0.2, 0.25) is 0 Å². The number of methoxy groups -OCH3 is 2. The predicted octanol–water partition coefficient (Wildman–Crippen LogP) is 2.75. The maximum absolute atomic E-state index is 13.4. The molecule has 180 valence electrons. The number of aliphatic hydroxyl groups is 1. The van der Waals surface area contributed by atoms with Gasteiger partial charge in [0.05, 0.1) is 39.0 Å². The largest absolute Gasteiger partial charge is 0.503 e. The quantitative estimate of drug-likeness (QED) is 0.594. The van der Waals surface area contributed by atoms with E-state index < -0.39 is 29.3 Å². The lowest BCUT2D eigenvalue weighted by molar-refractivity contribution is -0.129. The van der Waals surface area contributed by atoms with Gasteiger partial charge in [0.2, 0.25) is 0 Å². The molecular formula is C25H27FN2O6. The molecule has 9 heteroatoms. The van der Waals surface area contributed by atoms with Crippen LogP contribution in [0.25, 0.3) is 0 Å². The van der Waals surface area contributed by atoms with Crippen molar-refractivity contribution in [2.24, 2.45) is 0 Å². The minimum Gasteiger partial charge on any atom is -0.503 e. The van der Waals surface area contributed by atoms with Gasteiger partial charge in [0.15, 0.2) is 23.0 Å². The summed E-state index contributed by atoms with van der Waals surface area (Å²) in [5.41, 5.74) is 0.713. The normalized spacial score (nSPS) is 19.0. The molecule has 1 atom stereocenters. The summed E-state index contributed by atoms with van der Waals surface area (Å²) in [6.45, 7) is 3.57. The summed E-state index contributed by atoms with van der Waals surface area (Å²) < 4.78 is 29.5. The maximum Gasteiger partial charge on any atom is 0.290 e. The summed E-state index contributed by atoms with van der Waals surface area (Å²) in [5.74, 6) is -1.33. The fraction of sp³-hybridized carbons (Fsp3) is 0.360. The van der Waals surface area contributed by atoms with Crippen molar-refractivity contribution in [2.75, 3.05) is 53.6 Å². The fourth-order valence-electron chi connectivity index (χ4n) is 4.32. The minimum absolute atomic E-state index is 0.0502. The van der Waals surface area contributed by atoms with Gasteiger partial charge in [0, 0.05) is 31.7 Å². The molecule has 4 rings (SSSR count). The SMILES string of the molecule is COc1ccc(C2C(C(=O)c3ccc(F)cc3)=C(O)C(=O)N2CCN2CCOCC2)cc1OC. The Kier molecular flexibility index (Phi) is 7.14.